The van der Waals surface area contributed by atoms with Gasteiger partial charge in [-0.15, -0.1) is 0 Å². The molecule has 0 spiro atoms. The summed E-state index contributed by atoms with van der Waals surface area (Å²) in [5, 5.41) is 0. The molecule has 1 amide bonds. The van der Waals surface area contributed by atoms with E-state index in [1.165, 1.54) is 4.90 Å². The van der Waals surface area contributed by atoms with Crippen molar-refractivity contribution in [3.05, 3.63) is 29.8 Å². The number of nitrogens with zero attached hydrogens (tertiary/aromatic N) is 2. The molecule has 3 atom stereocenters. The van der Waals surface area contributed by atoms with Crippen molar-refractivity contribution in [1.82, 2.24) is 9.80 Å². The van der Waals surface area contributed by atoms with Crippen molar-refractivity contribution in [2.45, 2.75) is 44.9 Å². The summed E-state index contributed by atoms with van der Waals surface area (Å²) in [5.41, 5.74) is 0.772. The number of benzene rings is 1. The maximum atomic E-state index is 12.6. The molecule has 2 rings (SSSR count). The first kappa shape index (κ1) is 24.0. The van der Waals surface area contributed by atoms with Crippen LogP contribution in [0.3, 0.4) is 0 Å². The van der Waals surface area contributed by atoms with E-state index in [1.54, 1.807) is 12.1 Å². The van der Waals surface area contributed by atoms with Crippen LogP contribution in [0.2, 0.25) is 0 Å². The summed E-state index contributed by atoms with van der Waals surface area (Å²) < 4.78 is 47.0. The van der Waals surface area contributed by atoms with E-state index < -0.39 is 30.7 Å². The van der Waals surface area contributed by atoms with Gasteiger partial charge in [0.1, 0.15) is 12.4 Å². The monoisotopic (exact) mass is 430 g/mol. The number of hydrogen-bond acceptors (Lipinski definition) is 5. The van der Waals surface area contributed by atoms with Gasteiger partial charge in [-0.2, -0.15) is 13.2 Å². The molecule has 1 aromatic rings. The smallest absolute Gasteiger partial charge is 0.422 e. The number of hydrogen-bond donors (Lipinski definition) is 0. The lowest BCUT2D eigenvalue weighted by Gasteiger charge is -2.38. The molecule has 0 aliphatic carbocycles. The summed E-state index contributed by atoms with van der Waals surface area (Å²) in [7, 11) is 3.91. The van der Waals surface area contributed by atoms with Gasteiger partial charge in [0.05, 0.1) is 6.04 Å². The first-order valence-corrected chi connectivity index (χ1v) is 9.91. The molecule has 1 heterocycles. The average Bonchev–Trinajstić information content (AvgIpc) is 2.69. The van der Waals surface area contributed by atoms with Crippen molar-refractivity contribution in [3.8, 4) is 5.75 Å². The molecule has 168 valence electrons. The fourth-order valence-electron chi connectivity index (χ4n) is 3.23. The highest BCUT2D eigenvalue weighted by Gasteiger charge is 2.37. The third kappa shape index (κ3) is 6.90. The lowest BCUT2D eigenvalue weighted by Crippen LogP contribution is -2.45. The molecule has 1 saturated heterocycles. The predicted octanol–water partition coefficient (Wildman–Crippen LogP) is 3.42. The molecule has 1 aromatic carbocycles. The van der Waals surface area contributed by atoms with Crippen LogP contribution in [0.15, 0.2) is 24.3 Å². The Morgan fingerprint density at radius 1 is 1.27 bits per heavy atom. The highest BCUT2D eigenvalue weighted by molar-refractivity contribution is 6.32. The number of likely N-dealkylation sites (tertiary alicyclic amines) is 1. The van der Waals surface area contributed by atoms with E-state index >= 15 is 0 Å². The van der Waals surface area contributed by atoms with Gasteiger partial charge in [-0.3, -0.25) is 4.79 Å². The van der Waals surface area contributed by atoms with Gasteiger partial charge in [0.25, 0.3) is 0 Å². The van der Waals surface area contributed by atoms with Crippen LogP contribution in [-0.4, -0.2) is 67.7 Å². The van der Waals surface area contributed by atoms with E-state index in [1.807, 2.05) is 45.0 Å². The average molecular weight is 430 g/mol. The number of piperidine rings is 1. The largest absolute Gasteiger partial charge is 0.492 e. The number of halogens is 3. The van der Waals surface area contributed by atoms with Crippen LogP contribution < -0.4 is 4.74 Å². The fourth-order valence-corrected chi connectivity index (χ4v) is 3.23. The SMILES string of the molecule is C[C@H]1CC[C@H](c2cccc(OC[C@@H](C)N(C)C)c2)N(C(=O)C(=O)OCC(F)(F)F)C1. The Morgan fingerprint density at radius 3 is 2.60 bits per heavy atom. The summed E-state index contributed by atoms with van der Waals surface area (Å²) in [6.45, 7) is 2.93. The molecule has 0 bridgehead atoms. The van der Waals surface area contributed by atoms with Crippen LogP contribution >= 0.6 is 0 Å². The molecule has 0 radical (unpaired) electrons. The molecule has 9 heteroatoms. The summed E-state index contributed by atoms with van der Waals surface area (Å²) in [6.07, 6.45) is -3.26. The predicted molar refractivity (Wildman–Crippen MR) is 105 cm³/mol. The van der Waals surface area contributed by atoms with Gasteiger partial charge >= 0.3 is 18.1 Å². The van der Waals surface area contributed by atoms with Gasteiger partial charge in [0.2, 0.25) is 0 Å². The Bertz CT molecular complexity index is 739. The lowest BCUT2D eigenvalue weighted by molar-refractivity contribution is -0.190. The zero-order chi connectivity index (χ0) is 22.5. The van der Waals surface area contributed by atoms with Gasteiger partial charge in [0.15, 0.2) is 6.61 Å². The first-order chi connectivity index (χ1) is 14.0. The molecule has 6 nitrogen and oxygen atoms in total. The van der Waals surface area contributed by atoms with Crippen LogP contribution in [0.1, 0.15) is 38.3 Å². The summed E-state index contributed by atoms with van der Waals surface area (Å²) in [6, 6.07) is 7.01. The number of carbonyl (C=O) groups excluding carboxylic acids is 2. The Labute approximate surface area is 174 Å². The van der Waals surface area contributed by atoms with E-state index in [4.69, 9.17) is 4.74 Å². The highest BCUT2D eigenvalue weighted by Crippen LogP contribution is 2.35. The minimum absolute atomic E-state index is 0.126. The number of carbonyl (C=O) groups is 2. The van der Waals surface area contributed by atoms with Crippen LogP contribution in [0.5, 0.6) is 5.75 Å². The van der Waals surface area contributed by atoms with Crippen LogP contribution in [0, 0.1) is 5.92 Å². The second kappa shape index (κ2) is 10.1. The van der Waals surface area contributed by atoms with Crippen molar-refractivity contribution in [1.29, 1.82) is 0 Å². The summed E-state index contributed by atoms with van der Waals surface area (Å²) >= 11 is 0. The normalized spacial score (nSPS) is 20.7. The van der Waals surface area contributed by atoms with E-state index in [0.717, 1.165) is 12.0 Å². The zero-order valence-corrected chi connectivity index (χ0v) is 17.7. The van der Waals surface area contributed by atoms with Crippen LogP contribution in [0.25, 0.3) is 0 Å². The van der Waals surface area contributed by atoms with Crippen molar-refractivity contribution >= 4 is 11.9 Å². The topological polar surface area (TPSA) is 59.1 Å². The third-order valence-electron chi connectivity index (χ3n) is 5.24. The van der Waals surface area contributed by atoms with Crippen molar-refractivity contribution in [2.24, 2.45) is 5.92 Å². The molecule has 0 aromatic heterocycles. The van der Waals surface area contributed by atoms with E-state index in [0.29, 0.717) is 18.8 Å². The number of rotatable bonds is 6. The summed E-state index contributed by atoms with van der Waals surface area (Å²) in [5.74, 6) is -1.78. The van der Waals surface area contributed by atoms with E-state index in [-0.39, 0.29) is 18.5 Å². The molecule has 1 aliphatic rings. The number of alkyl halides is 3. The number of amides is 1. The standard InChI is InChI=1S/C21H29F3N2O4/c1-14-8-9-18(26(11-14)19(27)20(28)30-13-21(22,23)24)16-6-5-7-17(10-16)29-12-15(2)25(3)4/h5-7,10,14-15,18H,8-9,11-13H2,1-4H3/t14-,15+,18+/m0/s1. The molecule has 0 N–H and O–H groups in total. The van der Waals surface area contributed by atoms with Gasteiger partial charge < -0.3 is 19.3 Å². The molecule has 0 unspecified atom stereocenters. The summed E-state index contributed by atoms with van der Waals surface area (Å²) in [4.78, 5) is 27.8. The molecule has 1 aliphatic heterocycles. The number of likely N-dealkylation sites (N-methyl/N-ethyl adjacent to an activating group) is 1. The quantitative estimate of drug-likeness (QED) is 0.511. The second-order valence-corrected chi connectivity index (χ2v) is 8.04. The first-order valence-electron chi connectivity index (χ1n) is 9.91. The van der Waals surface area contributed by atoms with Crippen LogP contribution in [0.4, 0.5) is 13.2 Å². The van der Waals surface area contributed by atoms with Gasteiger partial charge in [-0.1, -0.05) is 19.1 Å². The molecular formula is C21H29F3N2O4. The lowest BCUT2D eigenvalue weighted by atomic mass is 9.89. The van der Waals surface area contributed by atoms with Crippen molar-refractivity contribution in [3.63, 3.8) is 0 Å². The zero-order valence-electron chi connectivity index (χ0n) is 17.7. The Hall–Kier alpha value is -2.29. The number of ether oxygens (including phenoxy) is 2. The minimum Gasteiger partial charge on any atom is -0.492 e. The second-order valence-electron chi connectivity index (χ2n) is 8.04. The Morgan fingerprint density at radius 2 is 1.97 bits per heavy atom. The maximum Gasteiger partial charge on any atom is 0.422 e. The van der Waals surface area contributed by atoms with Crippen molar-refractivity contribution in [2.75, 3.05) is 33.9 Å². The van der Waals surface area contributed by atoms with Crippen molar-refractivity contribution < 1.29 is 32.2 Å². The molecular weight excluding hydrogens is 401 g/mol. The molecule has 0 saturated carbocycles. The van der Waals surface area contributed by atoms with E-state index in [2.05, 4.69) is 4.74 Å². The highest BCUT2D eigenvalue weighted by atomic mass is 19.4. The van der Waals surface area contributed by atoms with E-state index in [9.17, 15) is 22.8 Å². The minimum atomic E-state index is -4.68. The maximum absolute atomic E-state index is 12.6. The van der Waals surface area contributed by atoms with Crippen LogP contribution in [-0.2, 0) is 14.3 Å². The van der Waals surface area contributed by atoms with Gasteiger partial charge in [-0.05, 0) is 57.5 Å². The number of esters is 1. The molecule has 30 heavy (non-hydrogen) atoms. The Balaban J connectivity index is 2.14. The Kier molecular flexibility index (Phi) is 8.11. The third-order valence-corrected chi connectivity index (χ3v) is 5.24. The molecule has 1 fully saturated rings. The van der Waals surface area contributed by atoms with Gasteiger partial charge in [-0.25, -0.2) is 4.79 Å². The van der Waals surface area contributed by atoms with Gasteiger partial charge in [0, 0.05) is 12.6 Å². The fraction of sp³-hybridized carbons (Fsp3) is 0.619.